The summed E-state index contributed by atoms with van der Waals surface area (Å²) in [6.45, 7) is 5.17. The number of carbonyl (C=O) groups excluding carboxylic acids is 2. The number of Topliss-reactive ketones (excluding diaryl/α,β-unsaturated/α-hetero) is 1. The Hall–Kier alpha value is -2.00. The van der Waals surface area contributed by atoms with Gasteiger partial charge in [0.05, 0.1) is 28.6 Å². The molecule has 0 N–H and O–H groups in total. The fraction of sp³-hybridized carbons (Fsp3) is 0.500. The van der Waals surface area contributed by atoms with Gasteiger partial charge in [-0.25, -0.2) is 13.4 Å². The molecule has 9 heteroatoms. The highest BCUT2D eigenvalue weighted by Gasteiger charge is 2.31. The topological polar surface area (TPSA) is 95.3 Å². The quantitative estimate of drug-likeness (QED) is 0.535. The van der Waals surface area contributed by atoms with Crippen molar-refractivity contribution in [3.63, 3.8) is 0 Å². The first kappa shape index (κ1) is 19.8. The fourth-order valence-corrected chi connectivity index (χ4v) is 5.82. The van der Waals surface area contributed by atoms with Gasteiger partial charge in [-0.3, -0.25) is 9.59 Å². The summed E-state index contributed by atoms with van der Waals surface area (Å²) < 4.78 is 30.5. The van der Waals surface area contributed by atoms with Crippen molar-refractivity contribution in [2.75, 3.05) is 18.1 Å². The molecule has 1 atom stereocenters. The van der Waals surface area contributed by atoms with Crippen LogP contribution in [0.2, 0.25) is 0 Å². The summed E-state index contributed by atoms with van der Waals surface area (Å²) in [5.74, 6) is -0.521. The number of ether oxygens (including phenoxy) is 1. The number of carbonyl (C=O) groups is 2. The van der Waals surface area contributed by atoms with Gasteiger partial charge >= 0.3 is 5.97 Å². The molecular weight excluding hydrogens is 388 g/mol. The van der Waals surface area contributed by atoms with Gasteiger partial charge in [-0.2, -0.15) is 0 Å². The van der Waals surface area contributed by atoms with Crippen molar-refractivity contribution in [3.8, 4) is 0 Å². The maximum Gasteiger partial charge on any atom is 0.312 e. The number of rotatable bonds is 6. The van der Waals surface area contributed by atoms with E-state index in [-0.39, 0.29) is 36.4 Å². The second-order valence-electron chi connectivity index (χ2n) is 6.83. The van der Waals surface area contributed by atoms with E-state index in [1.807, 2.05) is 18.4 Å². The largest absolute Gasteiger partial charge is 0.457 e. The molecule has 0 bridgehead atoms. The van der Waals surface area contributed by atoms with Gasteiger partial charge in [0.2, 0.25) is 5.78 Å². The summed E-state index contributed by atoms with van der Waals surface area (Å²) >= 11 is 1.45. The summed E-state index contributed by atoms with van der Waals surface area (Å²) in [4.78, 5) is 28.6. The summed E-state index contributed by atoms with van der Waals surface area (Å²) in [7, 11) is -3.02. The zero-order valence-electron chi connectivity index (χ0n) is 15.5. The first-order valence-electron chi connectivity index (χ1n) is 8.65. The Morgan fingerprint density at radius 1 is 1.33 bits per heavy atom. The molecule has 1 aliphatic heterocycles. The number of ketones is 1. The van der Waals surface area contributed by atoms with E-state index >= 15 is 0 Å². The number of sulfone groups is 1. The van der Waals surface area contributed by atoms with Crippen LogP contribution in [0.1, 0.15) is 44.9 Å². The van der Waals surface area contributed by atoms with Gasteiger partial charge in [0.25, 0.3) is 0 Å². The Kier molecular flexibility index (Phi) is 5.53. The first-order chi connectivity index (χ1) is 12.7. The number of esters is 1. The second kappa shape index (κ2) is 7.55. The van der Waals surface area contributed by atoms with Crippen molar-refractivity contribution in [1.82, 2.24) is 9.55 Å². The average molecular weight is 411 g/mol. The Morgan fingerprint density at radius 2 is 2.07 bits per heavy atom. The van der Waals surface area contributed by atoms with Crippen LogP contribution < -0.4 is 0 Å². The normalized spacial score (nSPS) is 18.6. The van der Waals surface area contributed by atoms with E-state index in [4.69, 9.17) is 4.74 Å². The Bertz CT molecular complexity index is 988. The van der Waals surface area contributed by atoms with Gasteiger partial charge in [-0.1, -0.05) is 0 Å². The minimum atomic E-state index is -3.02. The monoisotopic (exact) mass is 410 g/mol. The molecule has 0 spiro atoms. The molecule has 1 aliphatic rings. The third-order valence-electron chi connectivity index (χ3n) is 4.71. The molecule has 2 aromatic heterocycles. The molecule has 3 heterocycles. The summed E-state index contributed by atoms with van der Waals surface area (Å²) in [5.41, 5.74) is 2.65. The lowest BCUT2D eigenvalue weighted by Gasteiger charge is -2.16. The van der Waals surface area contributed by atoms with Crippen molar-refractivity contribution in [3.05, 3.63) is 39.1 Å². The molecule has 0 radical (unpaired) electrons. The van der Waals surface area contributed by atoms with Gasteiger partial charge < -0.3 is 9.30 Å². The maximum absolute atomic E-state index is 12.5. The lowest BCUT2D eigenvalue weighted by molar-refractivity contribution is -0.141. The molecule has 0 unspecified atom stereocenters. The predicted molar refractivity (Wildman–Crippen MR) is 102 cm³/mol. The Balaban J connectivity index is 1.65. The molecule has 3 rings (SSSR count). The summed E-state index contributed by atoms with van der Waals surface area (Å²) in [6.07, 6.45) is 0.588. The van der Waals surface area contributed by atoms with E-state index in [2.05, 4.69) is 4.98 Å². The van der Waals surface area contributed by atoms with Crippen molar-refractivity contribution in [2.45, 2.75) is 39.7 Å². The number of aromatic nitrogens is 2. The summed E-state index contributed by atoms with van der Waals surface area (Å²) in [5, 5.41) is 2.66. The Morgan fingerprint density at radius 3 is 2.67 bits per heavy atom. The molecule has 7 nitrogen and oxygen atoms in total. The number of nitrogens with zero attached hydrogens (tertiary/aromatic N) is 2. The third-order valence-corrected chi connectivity index (χ3v) is 7.29. The van der Waals surface area contributed by atoms with Crippen LogP contribution in [0.4, 0.5) is 0 Å². The number of aryl methyl sites for hydroxylation is 2. The standard InChI is InChI=1S/C18H22N2O5S2/c1-11-6-16(12(2)20(11)15-4-5-27(23,24)10-15)17(21)8-25-18(22)7-14-9-26-13(3)19-14/h6,9,15H,4-5,7-8,10H2,1-3H3/t15-/m1/s1. The minimum Gasteiger partial charge on any atom is -0.457 e. The minimum absolute atomic E-state index is 0.0383. The highest BCUT2D eigenvalue weighted by Crippen LogP contribution is 2.29. The highest BCUT2D eigenvalue weighted by atomic mass is 32.2. The van der Waals surface area contributed by atoms with Gasteiger partial charge in [0, 0.05) is 28.4 Å². The average Bonchev–Trinajstić information content (AvgIpc) is 3.23. The van der Waals surface area contributed by atoms with E-state index in [0.717, 1.165) is 10.7 Å². The highest BCUT2D eigenvalue weighted by molar-refractivity contribution is 7.91. The third kappa shape index (κ3) is 4.47. The molecule has 1 saturated heterocycles. The van der Waals surface area contributed by atoms with Crippen molar-refractivity contribution < 1.29 is 22.7 Å². The van der Waals surface area contributed by atoms with Crippen molar-refractivity contribution in [2.24, 2.45) is 0 Å². The molecule has 1 fully saturated rings. The van der Waals surface area contributed by atoms with Crippen LogP contribution in [0.3, 0.4) is 0 Å². The molecule has 0 amide bonds. The molecule has 0 aliphatic carbocycles. The number of hydrogen-bond acceptors (Lipinski definition) is 7. The lowest BCUT2D eigenvalue weighted by Crippen LogP contribution is -2.17. The molecule has 0 aromatic carbocycles. The van der Waals surface area contributed by atoms with Crippen molar-refractivity contribution in [1.29, 1.82) is 0 Å². The summed E-state index contributed by atoms with van der Waals surface area (Å²) in [6, 6.07) is 1.59. The smallest absolute Gasteiger partial charge is 0.312 e. The molecule has 27 heavy (non-hydrogen) atoms. The fourth-order valence-electron chi connectivity index (χ4n) is 3.51. The molecule has 0 saturated carbocycles. The number of hydrogen-bond donors (Lipinski definition) is 0. The van der Waals surface area contributed by atoms with E-state index in [0.29, 0.717) is 23.4 Å². The van der Waals surface area contributed by atoms with Crippen LogP contribution >= 0.6 is 11.3 Å². The van der Waals surface area contributed by atoms with Crippen LogP contribution in [0.15, 0.2) is 11.4 Å². The van der Waals surface area contributed by atoms with Gasteiger partial charge in [-0.05, 0) is 33.3 Å². The molecular formula is C18H22N2O5S2. The lowest BCUT2D eigenvalue weighted by atomic mass is 10.1. The van der Waals surface area contributed by atoms with E-state index in [1.54, 1.807) is 18.4 Å². The van der Waals surface area contributed by atoms with Crippen LogP contribution in [-0.4, -0.2) is 47.8 Å². The van der Waals surface area contributed by atoms with Crippen LogP contribution in [0.25, 0.3) is 0 Å². The second-order valence-corrected chi connectivity index (χ2v) is 10.1. The van der Waals surface area contributed by atoms with E-state index < -0.39 is 15.8 Å². The molecule has 146 valence electrons. The van der Waals surface area contributed by atoms with Crippen LogP contribution in [0.5, 0.6) is 0 Å². The zero-order valence-corrected chi connectivity index (χ0v) is 17.2. The Labute approximate surface area is 162 Å². The first-order valence-corrected chi connectivity index (χ1v) is 11.3. The van der Waals surface area contributed by atoms with E-state index in [9.17, 15) is 18.0 Å². The number of thiazole rings is 1. The van der Waals surface area contributed by atoms with Gasteiger partial charge in [-0.15, -0.1) is 11.3 Å². The molecule has 2 aromatic rings. The van der Waals surface area contributed by atoms with Gasteiger partial charge in [0.1, 0.15) is 0 Å². The maximum atomic E-state index is 12.5. The van der Waals surface area contributed by atoms with Crippen LogP contribution in [-0.2, 0) is 25.8 Å². The van der Waals surface area contributed by atoms with Gasteiger partial charge in [0.15, 0.2) is 16.4 Å². The zero-order chi connectivity index (χ0) is 19.8. The SMILES string of the molecule is Cc1nc(CC(=O)OCC(=O)c2cc(C)n([C@@H]3CCS(=O)(=O)C3)c2C)cs1. The van der Waals surface area contributed by atoms with E-state index in [1.165, 1.54) is 11.3 Å². The predicted octanol–water partition coefficient (Wildman–Crippen LogP) is 2.20. The van der Waals surface area contributed by atoms with Crippen molar-refractivity contribution >= 4 is 32.9 Å². The van der Waals surface area contributed by atoms with Crippen LogP contribution in [0, 0.1) is 20.8 Å².